The molecule has 0 fully saturated rings. The second-order valence-electron chi connectivity index (χ2n) is 23.0. The number of benzene rings is 7. The molecule has 0 atom stereocenters. The summed E-state index contributed by atoms with van der Waals surface area (Å²) in [6, 6.07) is 11.2. The van der Waals surface area contributed by atoms with E-state index in [4.69, 9.17) is 99.5 Å². The molecule has 38 heteroatoms. The van der Waals surface area contributed by atoms with Crippen LogP contribution in [0.15, 0.2) is 78.9 Å². The number of carbonyl (C=O) groups excluding carboxylic acids is 17. The van der Waals surface area contributed by atoms with Crippen LogP contribution in [0.2, 0.25) is 0 Å². The largest absolute Gasteiger partial charge is 0.449 e. The van der Waals surface area contributed by atoms with Crippen molar-refractivity contribution < 1.29 is 181 Å². The van der Waals surface area contributed by atoms with Gasteiger partial charge < -0.3 is 99.5 Å². The summed E-state index contributed by atoms with van der Waals surface area (Å²) in [6.45, 7) is 15.0. The molecule has 0 heterocycles. The molecule has 0 bridgehead atoms. The van der Waals surface area contributed by atoms with Crippen LogP contribution in [0.3, 0.4) is 0 Å². The van der Waals surface area contributed by atoms with Crippen molar-refractivity contribution in [2.45, 2.75) is 118 Å². The van der Waals surface area contributed by atoms with Gasteiger partial charge in [-0.3, -0.25) is 81.5 Å². The average molecular weight is 1590 g/mol. The van der Waals surface area contributed by atoms with Crippen molar-refractivity contribution in [2.75, 3.05) is 0 Å². The summed E-state index contributed by atoms with van der Waals surface area (Å²) in [7, 11) is 0. The van der Waals surface area contributed by atoms with Crippen molar-refractivity contribution in [3.8, 4) is 166 Å². The molecule has 0 amide bonds. The standard InChI is InChI=1S/C76H64O38/c1-31(77)94-48-18-49(95-32(2)78)20-50(19-48)111-71-63(113-73-65(107-44(14)90)29-59(104-41(11)87)69(75(73)109-46(16)92)67-55(100-37(7)83)21-51(96-33(3)79)22-56(67)101-38(8)84)27-54(99-36(6)82)28-64(71)114-74-66(108-45(15)91)30-60(112-72-61(105-42(12)88)25-53(98-35(5)81)26-62(72)106-43(13)89)70(76(74)110-47(17)93)68-57(102-39(9)85)23-52(97-34(4)80)24-58(68)103-40(10)86/h18-30H,1-17H3. The van der Waals surface area contributed by atoms with Crippen LogP contribution in [0.1, 0.15) is 118 Å². The van der Waals surface area contributed by atoms with Gasteiger partial charge in [-0.2, -0.15) is 0 Å². The Kier molecular flexibility index (Phi) is 28.1. The van der Waals surface area contributed by atoms with E-state index in [1.54, 1.807) is 0 Å². The number of rotatable bonds is 27. The van der Waals surface area contributed by atoms with Crippen LogP contribution in [0.5, 0.6) is 144 Å². The Morgan fingerprint density at radius 3 is 0.579 bits per heavy atom. The molecule has 0 radical (unpaired) electrons. The molecular weight excluding hydrogens is 1520 g/mol. The Morgan fingerprint density at radius 1 is 0.140 bits per heavy atom. The van der Waals surface area contributed by atoms with E-state index in [0.717, 1.165) is 190 Å². The minimum atomic E-state index is -1.40. The minimum absolute atomic E-state index is 0.458. The molecule has 596 valence electrons. The molecule has 0 unspecified atom stereocenters. The monoisotopic (exact) mass is 1580 g/mol. The molecule has 0 spiro atoms. The first-order valence-corrected chi connectivity index (χ1v) is 32.5. The molecule has 38 nitrogen and oxygen atoms in total. The second-order valence-corrected chi connectivity index (χ2v) is 23.0. The third kappa shape index (κ3) is 23.9. The number of hydrogen-bond donors (Lipinski definition) is 0. The van der Waals surface area contributed by atoms with Gasteiger partial charge in [0.1, 0.15) is 74.7 Å². The first-order chi connectivity index (χ1) is 53.4. The maximum atomic E-state index is 14.2. The van der Waals surface area contributed by atoms with Crippen LogP contribution in [-0.4, -0.2) is 101 Å². The predicted octanol–water partition coefficient (Wildman–Crippen LogP) is 10.9. The smallest absolute Gasteiger partial charge is 0.308 e. The summed E-state index contributed by atoms with van der Waals surface area (Å²) < 4.78 is 122. The van der Waals surface area contributed by atoms with E-state index in [-0.39, 0.29) is 0 Å². The zero-order chi connectivity index (χ0) is 84.6. The Labute approximate surface area is 642 Å². The van der Waals surface area contributed by atoms with Gasteiger partial charge in [0.25, 0.3) is 0 Å². The maximum absolute atomic E-state index is 14.2. The molecule has 114 heavy (non-hydrogen) atoms. The highest BCUT2D eigenvalue weighted by atomic mass is 16.6. The number of hydrogen-bond acceptors (Lipinski definition) is 38. The van der Waals surface area contributed by atoms with Gasteiger partial charge in [0.15, 0.2) is 46.0 Å². The molecule has 0 aliphatic rings. The van der Waals surface area contributed by atoms with Crippen molar-refractivity contribution in [3.63, 3.8) is 0 Å². The molecule has 7 rings (SSSR count). The van der Waals surface area contributed by atoms with Crippen LogP contribution < -0.4 is 99.5 Å². The highest BCUT2D eigenvalue weighted by Crippen LogP contribution is 2.62. The van der Waals surface area contributed by atoms with Gasteiger partial charge in [0.2, 0.25) is 23.0 Å². The SMILES string of the molecule is CC(=O)Oc1cc(OC(C)=O)cc(Oc2c(Oc3c(OC(C)=O)cc(OC(C)=O)c(-c4c(OC(C)=O)cc(OC(C)=O)cc4OC(C)=O)c3OC(C)=O)cc(OC(C)=O)cc2Oc2c(OC(C)=O)cc(Oc3c(OC(C)=O)cc(OC(C)=O)cc3OC(C)=O)c(-c3c(OC(C)=O)cc(OC(C)=O)cc3OC(C)=O)c2OC(C)=O)c1. The van der Waals surface area contributed by atoms with E-state index < -0.39 is 267 Å². The molecular formula is C76H64O38. The third-order valence-electron chi connectivity index (χ3n) is 13.0. The van der Waals surface area contributed by atoms with E-state index in [1.165, 1.54) is 0 Å². The number of carbonyl (C=O) groups is 17. The fourth-order valence-electron chi connectivity index (χ4n) is 10.0. The van der Waals surface area contributed by atoms with Crippen LogP contribution >= 0.6 is 0 Å². The summed E-state index contributed by atoms with van der Waals surface area (Å²) in [5, 5.41) is 0. The lowest BCUT2D eigenvalue weighted by Crippen LogP contribution is -2.13. The van der Waals surface area contributed by atoms with Crippen molar-refractivity contribution in [2.24, 2.45) is 0 Å². The van der Waals surface area contributed by atoms with Crippen molar-refractivity contribution in [3.05, 3.63) is 78.9 Å². The van der Waals surface area contributed by atoms with Gasteiger partial charge in [-0.1, -0.05) is 0 Å². The van der Waals surface area contributed by atoms with Crippen LogP contribution in [0, 0.1) is 0 Å². The van der Waals surface area contributed by atoms with Crippen LogP contribution in [-0.2, 0) is 81.5 Å². The fraction of sp³-hybridized carbons (Fsp3) is 0.224. The Bertz CT molecular complexity index is 5080. The number of ether oxygens (including phenoxy) is 21. The molecule has 0 saturated heterocycles. The average Bonchev–Trinajstić information content (AvgIpc) is 0.746. The maximum Gasteiger partial charge on any atom is 0.308 e. The third-order valence-corrected chi connectivity index (χ3v) is 13.0. The lowest BCUT2D eigenvalue weighted by molar-refractivity contribution is -0.134. The van der Waals surface area contributed by atoms with Crippen molar-refractivity contribution in [1.29, 1.82) is 0 Å². The van der Waals surface area contributed by atoms with Gasteiger partial charge in [0.05, 0.1) is 22.3 Å². The molecule has 0 N–H and O–H groups in total. The van der Waals surface area contributed by atoms with E-state index in [9.17, 15) is 81.5 Å². The van der Waals surface area contributed by atoms with E-state index >= 15 is 0 Å². The quantitative estimate of drug-likeness (QED) is 0.0341. The second kappa shape index (κ2) is 37.2. The van der Waals surface area contributed by atoms with Crippen molar-refractivity contribution in [1.82, 2.24) is 0 Å². The predicted molar refractivity (Wildman–Crippen MR) is 376 cm³/mol. The van der Waals surface area contributed by atoms with Crippen LogP contribution in [0.25, 0.3) is 22.3 Å². The van der Waals surface area contributed by atoms with Gasteiger partial charge >= 0.3 is 101 Å². The van der Waals surface area contributed by atoms with E-state index in [0.29, 0.717) is 6.07 Å². The molecule has 0 aliphatic heterocycles. The highest BCUT2D eigenvalue weighted by molar-refractivity contribution is 5.98. The summed E-state index contributed by atoms with van der Waals surface area (Å²) in [6.07, 6.45) is 0. The van der Waals surface area contributed by atoms with E-state index in [1.807, 2.05) is 0 Å². The van der Waals surface area contributed by atoms with Crippen molar-refractivity contribution >= 4 is 101 Å². The number of esters is 17. The molecule has 0 aromatic heterocycles. The molecule has 0 saturated carbocycles. The normalized spacial score (nSPS) is 10.4. The molecule has 7 aromatic rings. The molecule has 0 aliphatic carbocycles. The Balaban J connectivity index is 1.84. The van der Waals surface area contributed by atoms with Gasteiger partial charge in [0, 0.05) is 197 Å². The lowest BCUT2D eigenvalue weighted by Gasteiger charge is -2.25. The molecule has 7 aromatic carbocycles. The van der Waals surface area contributed by atoms with Gasteiger partial charge in [-0.25, -0.2) is 0 Å². The van der Waals surface area contributed by atoms with Gasteiger partial charge in [-0.05, 0) is 0 Å². The first kappa shape index (κ1) is 86.0. The topological polar surface area (TPSA) is 484 Å². The Hall–Kier alpha value is -15.3. The lowest BCUT2D eigenvalue weighted by atomic mass is 9.99. The zero-order valence-corrected chi connectivity index (χ0v) is 63.0. The summed E-state index contributed by atoms with van der Waals surface area (Å²) in [5.74, 6) is -40.1. The minimum Gasteiger partial charge on any atom is -0.449 e. The highest BCUT2D eigenvalue weighted by Gasteiger charge is 2.38. The van der Waals surface area contributed by atoms with Gasteiger partial charge in [-0.15, -0.1) is 0 Å². The summed E-state index contributed by atoms with van der Waals surface area (Å²) in [4.78, 5) is 224. The Morgan fingerprint density at radius 2 is 0.316 bits per heavy atom. The summed E-state index contributed by atoms with van der Waals surface area (Å²) >= 11 is 0. The zero-order valence-electron chi connectivity index (χ0n) is 63.0. The fourth-order valence-corrected chi connectivity index (χ4v) is 10.0. The van der Waals surface area contributed by atoms with Crippen LogP contribution in [0.4, 0.5) is 0 Å². The summed E-state index contributed by atoms with van der Waals surface area (Å²) in [5.41, 5.74) is -3.22. The van der Waals surface area contributed by atoms with E-state index in [2.05, 4.69) is 0 Å². The first-order valence-electron chi connectivity index (χ1n) is 32.5.